The van der Waals surface area contributed by atoms with Gasteiger partial charge in [0, 0.05) is 17.7 Å². The molecule has 0 radical (unpaired) electrons. The number of anilines is 1. The average Bonchev–Trinajstić information content (AvgIpc) is 3.86. The highest BCUT2D eigenvalue weighted by Crippen LogP contribution is 2.59. The van der Waals surface area contributed by atoms with Gasteiger partial charge in [0.15, 0.2) is 23.4 Å². The van der Waals surface area contributed by atoms with Gasteiger partial charge in [0.25, 0.3) is 5.91 Å². The molecule has 2 amide bonds. The third-order valence-corrected chi connectivity index (χ3v) is 9.53. The lowest BCUT2D eigenvalue weighted by molar-refractivity contribution is -0.143. The van der Waals surface area contributed by atoms with Gasteiger partial charge in [-0.1, -0.05) is 50.8 Å². The number of carbonyl (C=O) groups is 3. The lowest BCUT2D eigenvalue weighted by atomic mass is 9.72. The SMILES string of the molecule is C=C(C)C1NC(=O)[C@@H](NC(=O)C(O)(CC)CC)Cc2ccc3c(c2)C2(c4ccccc4NC2O3)c2oc1nc2-c1nc(C(=O)OC)co1. The number of amides is 2. The van der Waals surface area contributed by atoms with E-state index < -0.39 is 47.1 Å². The fraction of sp³-hybridized carbons (Fsp3) is 0.343. The molecular formula is C35H35N5O8. The van der Waals surface area contributed by atoms with Gasteiger partial charge < -0.3 is 39.4 Å². The molecule has 13 heteroatoms. The minimum Gasteiger partial charge on any atom is -0.469 e. The van der Waals surface area contributed by atoms with Gasteiger partial charge in [0.1, 0.15) is 35.1 Å². The van der Waals surface area contributed by atoms with Crippen molar-refractivity contribution in [3.8, 4) is 17.3 Å². The van der Waals surface area contributed by atoms with Crippen molar-refractivity contribution in [1.82, 2.24) is 20.6 Å². The van der Waals surface area contributed by atoms with Crippen LogP contribution in [0.4, 0.5) is 5.69 Å². The van der Waals surface area contributed by atoms with Crippen LogP contribution in [0.25, 0.3) is 11.6 Å². The molecule has 3 aliphatic rings. The van der Waals surface area contributed by atoms with Crippen LogP contribution >= 0.6 is 0 Å². The van der Waals surface area contributed by atoms with E-state index in [0.717, 1.165) is 22.4 Å². The Morgan fingerprint density at radius 2 is 1.92 bits per heavy atom. The first-order chi connectivity index (χ1) is 23.0. The van der Waals surface area contributed by atoms with Crippen LogP contribution in [0.1, 0.15) is 78.5 Å². The van der Waals surface area contributed by atoms with E-state index in [9.17, 15) is 19.5 Å². The summed E-state index contributed by atoms with van der Waals surface area (Å²) in [5.41, 5.74) is 0.930. The van der Waals surface area contributed by atoms with Gasteiger partial charge in [-0.2, -0.15) is 0 Å². The predicted octanol–water partition coefficient (Wildman–Crippen LogP) is 3.92. The minimum atomic E-state index is -1.65. The van der Waals surface area contributed by atoms with E-state index in [1.165, 1.54) is 13.4 Å². The van der Waals surface area contributed by atoms with Gasteiger partial charge in [-0.05, 0) is 48.6 Å². The number of aliphatic hydroxyl groups is 1. The average molecular weight is 654 g/mol. The number of rotatable bonds is 7. The Morgan fingerprint density at radius 3 is 2.65 bits per heavy atom. The van der Waals surface area contributed by atoms with E-state index in [-0.39, 0.29) is 42.4 Å². The van der Waals surface area contributed by atoms with Crippen molar-refractivity contribution in [3.63, 3.8) is 0 Å². The number of esters is 1. The number of methoxy groups -OCH3 is 1. The van der Waals surface area contributed by atoms with Gasteiger partial charge >= 0.3 is 5.97 Å². The maximum Gasteiger partial charge on any atom is 0.360 e. The highest BCUT2D eigenvalue weighted by molar-refractivity contribution is 5.92. The molecule has 0 saturated heterocycles. The highest BCUT2D eigenvalue weighted by Gasteiger charge is 2.61. The molecule has 3 unspecified atom stereocenters. The van der Waals surface area contributed by atoms with E-state index in [2.05, 4.69) is 27.5 Å². The number of fused-ring (bicyclic) bond motifs is 4. The fourth-order valence-corrected chi connectivity index (χ4v) is 6.75. The molecule has 4 bridgehead atoms. The molecule has 2 aromatic heterocycles. The van der Waals surface area contributed by atoms with Crippen LogP contribution in [0.15, 0.2) is 69.7 Å². The second kappa shape index (κ2) is 11.4. The van der Waals surface area contributed by atoms with Crippen molar-refractivity contribution >= 4 is 23.5 Å². The summed E-state index contributed by atoms with van der Waals surface area (Å²) < 4.78 is 23.9. The maximum absolute atomic E-state index is 14.0. The van der Waals surface area contributed by atoms with E-state index in [1.54, 1.807) is 20.8 Å². The number of nitrogens with one attached hydrogen (secondary N) is 3. The Morgan fingerprint density at radius 1 is 1.15 bits per heavy atom. The van der Waals surface area contributed by atoms with Gasteiger partial charge in [-0.15, -0.1) is 0 Å². The molecule has 4 aromatic rings. The van der Waals surface area contributed by atoms with Crippen LogP contribution in [0, 0.1) is 0 Å². The Labute approximate surface area is 275 Å². The van der Waals surface area contributed by atoms with Crippen molar-refractivity contribution in [3.05, 3.63) is 94.9 Å². The monoisotopic (exact) mass is 653 g/mol. The quantitative estimate of drug-likeness (QED) is 0.168. The number of oxazole rings is 2. The maximum atomic E-state index is 14.0. The fourth-order valence-electron chi connectivity index (χ4n) is 6.75. The Balaban J connectivity index is 1.48. The summed E-state index contributed by atoms with van der Waals surface area (Å²) >= 11 is 0. The molecule has 5 heterocycles. The smallest absolute Gasteiger partial charge is 0.360 e. The van der Waals surface area contributed by atoms with E-state index in [0.29, 0.717) is 17.1 Å². The van der Waals surface area contributed by atoms with Gasteiger partial charge in [-0.3, -0.25) is 9.59 Å². The van der Waals surface area contributed by atoms with Crippen LogP contribution in [-0.4, -0.2) is 57.8 Å². The zero-order chi connectivity index (χ0) is 34.0. The highest BCUT2D eigenvalue weighted by atomic mass is 16.5. The number of para-hydroxylation sites is 1. The van der Waals surface area contributed by atoms with Gasteiger partial charge in [-0.25, -0.2) is 14.8 Å². The zero-order valence-corrected chi connectivity index (χ0v) is 26.9. The normalized spacial score (nSPS) is 22.2. The number of nitrogens with zero attached hydrogens (tertiary/aromatic N) is 2. The minimum absolute atomic E-state index is 0.00673. The van der Waals surface area contributed by atoms with Gasteiger partial charge in [0.2, 0.25) is 17.7 Å². The van der Waals surface area contributed by atoms with Gasteiger partial charge in [0.05, 0.1) is 7.11 Å². The molecule has 13 nitrogen and oxygen atoms in total. The molecule has 48 heavy (non-hydrogen) atoms. The molecule has 0 saturated carbocycles. The standard InChI is InChI=1S/C35H35N5O8/c1-6-34(44,7-2)32(43)37-22-15-18-12-13-24-20(14-18)35(19-10-8-9-11-21(19)38-33(35)47-24)27-26(29-36-23(16-46-29)31(42)45-5)40-30(48-27)25(17(3)4)39-28(22)41/h8-14,16,22,25,33,38,44H,3,6-7,15H2,1-2,4-5H3,(H,37,43)(H,39,41)/t22-,25?,33?,35?/m0/s1. The van der Waals surface area contributed by atoms with Crippen LogP contribution in [0.2, 0.25) is 0 Å². The summed E-state index contributed by atoms with van der Waals surface area (Å²) in [5.74, 6) is -0.917. The Hall–Kier alpha value is -5.43. The summed E-state index contributed by atoms with van der Waals surface area (Å²) in [6.07, 6.45) is 0.944. The number of benzene rings is 2. The van der Waals surface area contributed by atoms with Crippen molar-refractivity contribution < 1.29 is 37.8 Å². The number of carbonyl (C=O) groups excluding carboxylic acids is 3. The van der Waals surface area contributed by atoms with Crippen LogP contribution in [0.3, 0.4) is 0 Å². The molecule has 4 atom stereocenters. The summed E-state index contributed by atoms with van der Waals surface area (Å²) in [6, 6.07) is 11.3. The third-order valence-electron chi connectivity index (χ3n) is 9.53. The molecule has 7 rings (SSSR count). The molecule has 2 aromatic carbocycles. The topological polar surface area (TPSA) is 178 Å². The number of hydrogen-bond donors (Lipinski definition) is 4. The predicted molar refractivity (Wildman–Crippen MR) is 171 cm³/mol. The summed E-state index contributed by atoms with van der Waals surface area (Å²) in [7, 11) is 1.24. The third kappa shape index (κ3) is 4.60. The first-order valence-electron chi connectivity index (χ1n) is 15.7. The molecule has 4 N–H and O–H groups in total. The lowest BCUT2D eigenvalue weighted by Crippen LogP contribution is -2.55. The first kappa shape index (κ1) is 31.2. The largest absolute Gasteiger partial charge is 0.469 e. The van der Waals surface area contributed by atoms with E-state index in [1.807, 2.05) is 42.5 Å². The van der Waals surface area contributed by atoms with Crippen molar-refractivity contribution in [2.75, 3.05) is 12.4 Å². The van der Waals surface area contributed by atoms with Crippen molar-refractivity contribution in [2.24, 2.45) is 0 Å². The summed E-state index contributed by atoms with van der Waals surface area (Å²) in [4.78, 5) is 49.0. The molecular weight excluding hydrogens is 618 g/mol. The zero-order valence-electron chi connectivity index (χ0n) is 26.9. The first-order valence-corrected chi connectivity index (χ1v) is 15.7. The number of ether oxygens (including phenoxy) is 2. The summed E-state index contributed by atoms with van der Waals surface area (Å²) in [6.45, 7) is 9.24. The van der Waals surface area contributed by atoms with Crippen molar-refractivity contribution in [2.45, 2.75) is 69.4 Å². The summed E-state index contributed by atoms with van der Waals surface area (Å²) in [5, 5.41) is 20.2. The molecule has 0 fully saturated rings. The van der Waals surface area contributed by atoms with E-state index >= 15 is 0 Å². The van der Waals surface area contributed by atoms with Crippen LogP contribution in [-0.2, 0) is 26.2 Å². The number of hydrogen-bond acceptors (Lipinski definition) is 11. The van der Waals surface area contributed by atoms with E-state index in [4.69, 9.17) is 23.3 Å². The van der Waals surface area contributed by atoms with Crippen molar-refractivity contribution in [1.29, 1.82) is 0 Å². The Bertz CT molecular complexity index is 1980. The molecule has 3 aliphatic heterocycles. The second-order valence-electron chi connectivity index (χ2n) is 12.3. The Kier molecular flexibility index (Phi) is 7.39. The van der Waals surface area contributed by atoms with Crippen LogP contribution < -0.4 is 20.7 Å². The molecule has 0 aliphatic carbocycles. The number of aromatic nitrogens is 2. The van der Waals surface area contributed by atoms with Crippen LogP contribution in [0.5, 0.6) is 5.75 Å². The second-order valence-corrected chi connectivity index (χ2v) is 12.3. The molecule has 248 valence electrons. The lowest BCUT2D eigenvalue weighted by Gasteiger charge is -2.29. The molecule has 1 spiro atoms.